The van der Waals surface area contributed by atoms with E-state index in [9.17, 15) is 4.79 Å². The van der Waals surface area contributed by atoms with Gasteiger partial charge in [-0.1, -0.05) is 6.07 Å². The van der Waals surface area contributed by atoms with Gasteiger partial charge in [-0.25, -0.2) is 0 Å². The molecule has 0 radical (unpaired) electrons. The third-order valence-corrected chi connectivity index (χ3v) is 5.17. The van der Waals surface area contributed by atoms with Gasteiger partial charge in [-0.05, 0) is 50.0 Å². The highest BCUT2D eigenvalue weighted by atomic mass is 32.2. The molecular formula is C17H25N3OS. The number of aromatic nitrogens is 1. The standard InChI is InChI=1S/C17H25N3OS/c1-12-4-3-5-14(18-12)8-20-9-15(13-6-7-13)16(10-20)19-17(21)11-22-2/h3-5,13,15-16H,6-11H2,1-2H3,(H,19,21). The zero-order chi connectivity index (χ0) is 15.5. The average molecular weight is 319 g/mol. The molecule has 2 fully saturated rings. The van der Waals surface area contributed by atoms with Gasteiger partial charge in [0.1, 0.15) is 0 Å². The minimum atomic E-state index is 0.179. The molecule has 2 unspecified atom stereocenters. The quantitative estimate of drug-likeness (QED) is 0.872. The molecule has 5 heteroatoms. The van der Waals surface area contributed by atoms with Gasteiger partial charge in [0, 0.05) is 31.4 Å². The van der Waals surface area contributed by atoms with Crippen molar-refractivity contribution in [2.75, 3.05) is 25.1 Å². The highest BCUT2D eigenvalue weighted by Gasteiger charge is 2.42. The van der Waals surface area contributed by atoms with Crippen molar-refractivity contribution in [3.05, 3.63) is 29.6 Å². The van der Waals surface area contributed by atoms with Crippen molar-refractivity contribution in [2.45, 2.75) is 32.4 Å². The SMILES string of the molecule is CSCC(=O)NC1CN(Cc2cccc(C)n2)CC1C1CC1. The van der Waals surface area contributed by atoms with Crippen molar-refractivity contribution in [3.8, 4) is 0 Å². The molecule has 0 spiro atoms. The second-order valence-corrected chi connectivity index (χ2v) is 7.44. The molecule has 120 valence electrons. The van der Waals surface area contributed by atoms with E-state index in [0.717, 1.165) is 36.9 Å². The molecule has 2 atom stereocenters. The van der Waals surface area contributed by atoms with Crippen LogP contribution in [0, 0.1) is 18.8 Å². The lowest BCUT2D eigenvalue weighted by Crippen LogP contribution is -2.42. The van der Waals surface area contributed by atoms with E-state index in [1.165, 1.54) is 12.8 Å². The molecule has 1 saturated heterocycles. The van der Waals surface area contributed by atoms with E-state index in [1.807, 2.05) is 19.2 Å². The molecule has 0 aromatic carbocycles. The lowest BCUT2D eigenvalue weighted by molar-refractivity contribution is -0.119. The van der Waals surface area contributed by atoms with Gasteiger partial charge < -0.3 is 5.32 Å². The van der Waals surface area contributed by atoms with Gasteiger partial charge in [0.05, 0.1) is 11.4 Å². The normalized spacial score (nSPS) is 25.4. The Morgan fingerprint density at radius 3 is 2.91 bits per heavy atom. The number of likely N-dealkylation sites (tertiary alicyclic amines) is 1. The Morgan fingerprint density at radius 1 is 1.41 bits per heavy atom. The first-order chi connectivity index (χ1) is 10.7. The van der Waals surface area contributed by atoms with Crippen molar-refractivity contribution >= 4 is 17.7 Å². The van der Waals surface area contributed by atoms with Crippen LogP contribution < -0.4 is 5.32 Å². The Labute approximate surface area is 137 Å². The van der Waals surface area contributed by atoms with Crippen molar-refractivity contribution in [2.24, 2.45) is 11.8 Å². The topological polar surface area (TPSA) is 45.2 Å². The molecule has 22 heavy (non-hydrogen) atoms. The van der Waals surface area contributed by atoms with E-state index in [1.54, 1.807) is 11.8 Å². The number of nitrogens with zero attached hydrogens (tertiary/aromatic N) is 2. The van der Waals surface area contributed by atoms with E-state index >= 15 is 0 Å². The molecule has 1 amide bonds. The Balaban J connectivity index is 1.61. The summed E-state index contributed by atoms with van der Waals surface area (Å²) in [6, 6.07) is 6.52. The van der Waals surface area contributed by atoms with Crippen LogP contribution in [-0.2, 0) is 11.3 Å². The fourth-order valence-corrected chi connectivity index (χ4v) is 3.84. The van der Waals surface area contributed by atoms with E-state index < -0.39 is 0 Å². The molecule has 1 aliphatic carbocycles. The number of carbonyl (C=O) groups is 1. The number of nitrogens with one attached hydrogen (secondary N) is 1. The maximum Gasteiger partial charge on any atom is 0.230 e. The Bertz CT molecular complexity index is 532. The first-order valence-electron chi connectivity index (χ1n) is 8.09. The lowest BCUT2D eigenvalue weighted by Gasteiger charge is -2.19. The largest absolute Gasteiger partial charge is 0.351 e. The maximum absolute atomic E-state index is 11.9. The van der Waals surface area contributed by atoms with Gasteiger partial charge in [0.2, 0.25) is 5.91 Å². The fourth-order valence-electron chi connectivity index (χ4n) is 3.49. The number of thioether (sulfide) groups is 1. The molecule has 4 nitrogen and oxygen atoms in total. The third-order valence-electron chi connectivity index (χ3n) is 4.62. The summed E-state index contributed by atoms with van der Waals surface area (Å²) in [4.78, 5) is 19.0. The summed E-state index contributed by atoms with van der Waals surface area (Å²) in [6.45, 7) is 4.97. The van der Waals surface area contributed by atoms with Gasteiger partial charge in [0.25, 0.3) is 0 Å². The average Bonchev–Trinajstić information content (AvgIpc) is 3.23. The lowest BCUT2D eigenvalue weighted by atomic mass is 9.98. The van der Waals surface area contributed by atoms with Crippen LogP contribution in [0.1, 0.15) is 24.2 Å². The minimum absolute atomic E-state index is 0.179. The number of carbonyl (C=O) groups excluding carboxylic acids is 1. The Hall–Kier alpha value is -1.07. The zero-order valence-corrected chi connectivity index (χ0v) is 14.2. The second kappa shape index (κ2) is 7.01. The molecule has 1 aliphatic heterocycles. The maximum atomic E-state index is 11.9. The third kappa shape index (κ3) is 4.02. The molecular weight excluding hydrogens is 294 g/mol. The number of amides is 1. The summed E-state index contributed by atoms with van der Waals surface area (Å²) in [5.41, 5.74) is 2.20. The zero-order valence-electron chi connectivity index (χ0n) is 13.4. The van der Waals surface area contributed by atoms with Crippen LogP contribution in [0.3, 0.4) is 0 Å². The smallest absolute Gasteiger partial charge is 0.230 e. The van der Waals surface area contributed by atoms with Gasteiger partial charge >= 0.3 is 0 Å². The summed E-state index contributed by atoms with van der Waals surface area (Å²) in [6.07, 6.45) is 4.63. The van der Waals surface area contributed by atoms with E-state index in [0.29, 0.717) is 17.7 Å². The molecule has 1 aromatic heterocycles. The summed E-state index contributed by atoms with van der Waals surface area (Å²) < 4.78 is 0. The highest BCUT2D eigenvalue weighted by molar-refractivity contribution is 7.99. The molecule has 1 aromatic rings. The molecule has 0 bridgehead atoms. The van der Waals surface area contributed by atoms with Crippen LogP contribution in [0.25, 0.3) is 0 Å². The summed E-state index contributed by atoms with van der Waals surface area (Å²) >= 11 is 1.59. The van der Waals surface area contributed by atoms with Crippen LogP contribution in [-0.4, -0.2) is 46.9 Å². The van der Waals surface area contributed by atoms with Gasteiger partial charge in [-0.15, -0.1) is 0 Å². The Morgan fingerprint density at radius 2 is 2.23 bits per heavy atom. The van der Waals surface area contributed by atoms with E-state index in [-0.39, 0.29) is 5.91 Å². The Kier molecular flexibility index (Phi) is 5.03. The van der Waals surface area contributed by atoms with Crippen LogP contribution in [0.15, 0.2) is 18.2 Å². The molecule has 2 aliphatic rings. The van der Waals surface area contributed by atoms with Gasteiger partial charge in [0.15, 0.2) is 0 Å². The van der Waals surface area contributed by atoms with Crippen molar-refractivity contribution in [1.82, 2.24) is 15.2 Å². The van der Waals surface area contributed by atoms with E-state index in [2.05, 4.69) is 27.3 Å². The molecule has 2 heterocycles. The van der Waals surface area contributed by atoms with Crippen molar-refractivity contribution < 1.29 is 4.79 Å². The number of aryl methyl sites for hydroxylation is 1. The van der Waals surface area contributed by atoms with Crippen molar-refractivity contribution in [3.63, 3.8) is 0 Å². The number of hydrogen-bond acceptors (Lipinski definition) is 4. The van der Waals surface area contributed by atoms with Crippen LogP contribution in [0.5, 0.6) is 0 Å². The monoisotopic (exact) mass is 319 g/mol. The van der Waals surface area contributed by atoms with Gasteiger partial charge in [-0.2, -0.15) is 11.8 Å². The fraction of sp³-hybridized carbons (Fsp3) is 0.647. The van der Waals surface area contributed by atoms with Crippen LogP contribution in [0.2, 0.25) is 0 Å². The van der Waals surface area contributed by atoms with Crippen LogP contribution >= 0.6 is 11.8 Å². The second-order valence-electron chi connectivity index (χ2n) is 6.57. The number of hydrogen-bond donors (Lipinski definition) is 1. The predicted octanol–water partition coefficient (Wildman–Crippen LogP) is 2.08. The summed E-state index contributed by atoms with van der Waals surface area (Å²) in [5, 5.41) is 3.26. The molecule has 1 saturated carbocycles. The number of rotatable bonds is 6. The van der Waals surface area contributed by atoms with Gasteiger partial charge in [-0.3, -0.25) is 14.7 Å². The van der Waals surface area contributed by atoms with E-state index in [4.69, 9.17) is 0 Å². The van der Waals surface area contributed by atoms with Crippen LogP contribution in [0.4, 0.5) is 0 Å². The van der Waals surface area contributed by atoms with Crippen molar-refractivity contribution in [1.29, 1.82) is 0 Å². The molecule has 3 rings (SSSR count). The summed E-state index contributed by atoms with van der Waals surface area (Å²) in [5.74, 6) is 2.18. The number of pyridine rings is 1. The summed E-state index contributed by atoms with van der Waals surface area (Å²) in [7, 11) is 0. The highest BCUT2D eigenvalue weighted by Crippen LogP contribution is 2.41. The predicted molar refractivity (Wildman–Crippen MR) is 90.8 cm³/mol. The molecule has 1 N–H and O–H groups in total. The first-order valence-corrected chi connectivity index (χ1v) is 9.48. The minimum Gasteiger partial charge on any atom is -0.351 e. The first kappa shape index (κ1) is 15.8.